The predicted molar refractivity (Wildman–Crippen MR) is 88.6 cm³/mol. The van der Waals surface area contributed by atoms with Gasteiger partial charge in [-0.25, -0.2) is 4.39 Å². The van der Waals surface area contributed by atoms with E-state index < -0.39 is 6.04 Å². The number of nitrogens with one attached hydrogen (secondary N) is 2. The lowest BCUT2D eigenvalue weighted by Gasteiger charge is -2.20. The third-order valence-electron chi connectivity index (χ3n) is 4.10. The summed E-state index contributed by atoms with van der Waals surface area (Å²) in [5.74, 6) is -0.717. The third kappa shape index (κ3) is 3.57. The van der Waals surface area contributed by atoms with E-state index in [0.29, 0.717) is 24.9 Å². The van der Waals surface area contributed by atoms with Gasteiger partial charge in [0.25, 0.3) is 0 Å². The van der Waals surface area contributed by atoms with Gasteiger partial charge in [-0.15, -0.1) is 0 Å². The molecule has 4 N–H and O–H groups in total. The minimum Gasteiger partial charge on any atom is -0.322 e. The van der Waals surface area contributed by atoms with Gasteiger partial charge in [-0.05, 0) is 42.1 Å². The topological polar surface area (TPSA) is 67.2 Å². The van der Waals surface area contributed by atoms with Gasteiger partial charge in [0.2, 0.25) is 5.91 Å². The second-order valence-corrected chi connectivity index (χ2v) is 5.78. The highest BCUT2D eigenvalue weighted by Gasteiger charge is 2.20. The van der Waals surface area contributed by atoms with Crippen molar-refractivity contribution in [2.45, 2.75) is 25.4 Å². The number of carbonyl (C=O) groups excluding carboxylic acids is 1. The fraction of sp³-hybridized carbons (Fsp3) is 0.278. The first-order valence-corrected chi connectivity index (χ1v) is 7.76. The molecule has 0 radical (unpaired) electrons. The summed E-state index contributed by atoms with van der Waals surface area (Å²) in [6.07, 6.45) is 1.05. The Bertz CT molecular complexity index is 703. The Morgan fingerprint density at radius 1 is 1.26 bits per heavy atom. The molecule has 4 nitrogen and oxygen atoms in total. The fourth-order valence-corrected chi connectivity index (χ4v) is 2.82. The van der Waals surface area contributed by atoms with Crippen LogP contribution in [0.1, 0.15) is 16.7 Å². The Kier molecular flexibility index (Phi) is 4.69. The number of benzene rings is 2. The van der Waals surface area contributed by atoms with Crippen LogP contribution in [0.25, 0.3) is 0 Å². The lowest BCUT2D eigenvalue weighted by molar-refractivity contribution is -0.117. The average Bonchev–Trinajstić information content (AvgIpc) is 2.58. The van der Waals surface area contributed by atoms with E-state index in [2.05, 4.69) is 10.6 Å². The van der Waals surface area contributed by atoms with Crippen molar-refractivity contribution >= 4 is 11.6 Å². The van der Waals surface area contributed by atoms with Crippen LogP contribution in [0.15, 0.2) is 42.5 Å². The Balaban J connectivity index is 1.70. The van der Waals surface area contributed by atoms with Crippen molar-refractivity contribution in [3.8, 4) is 0 Å². The first-order valence-electron chi connectivity index (χ1n) is 7.76. The zero-order valence-electron chi connectivity index (χ0n) is 12.8. The van der Waals surface area contributed by atoms with Crippen molar-refractivity contribution in [1.82, 2.24) is 5.32 Å². The van der Waals surface area contributed by atoms with Gasteiger partial charge in [0, 0.05) is 6.54 Å². The minimum absolute atomic E-state index is 0.208. The molecule has 1 atom stereocenters. The monoisotopic (exact) mass is 313 g/mol. The van der Waals surface area contributed by atoms with Gasteiger partial charge in [0.05, 0.1) is 11.7 Å². The molecule has 0 saturated heterocycles. The molecule has 0 saturated carbocycles. The Morgan fingerprint density at radius 2 is 2.04 bits per heavy atom. The molecule has 1 amide bonds. The second-order valence-electron chi connectivity index (χ2n) is 5.78. The summed E-state index contributed by atoms with van der Waals surface area (Å²) < 4.78 is 14.5. The van der Waals surface area contributed by atoms with Gasteiger partial charge in [-0.2, -0.15) is 0 Å². The van der Waals surface area contributed by atoms with E-state index in [1.807, 2.05) is 36.4 Å². The minimum atomic E-state index is -0.713. The number of hydrogen-bond acceptors (Lipinski definition) is 3. The Morgan fingerprint density at radius 3 is 2.83 bits per heavy atom. The van der Waals surface area contributed by atoms with Gasteiger partial charge >= 0.3 is 0 Å². The summed E-state index contributed by atoms with van der Waals surface area (Å²) in [6.45, 7) is 1.41. The summed E-state index contributed by atoms with van der Waals surface area (Å²) in [6, 6.07) is 12.3. The van der Waals surface area contributed by atoms with E-state index in [0.717, 1.165) is 17.7 Å². The van der Waals surface area contributed by atoms with Crippen molar-refractivity contribution in [3.63, 3.8) is 0 Å². The molecule has 0 aliphatic carbocycles. The highest BCUT2D eigenvalue weighted by Crippen LogP contribution is 2.24. The number of hydrogen-bond donors (Lipinski definition) is 3. The largest absolute Gasteiger partial charge is 0.322 e. The molecule has 2 aromatic carbocycles. The quantitative estimate of drug-likeness (QED) is 0.808. The van der Waals surface area contributed by atoms with Crippen molar-refractivity contribution < 1.29 is 9.18 Å². The van der Waals surface area contributed by atoms with Crippen LogP contribution in [0.2, 0.25) is 0 Å². The van der Waals surface area contributed by atoms with Crippen LogP contribution >= 0.6 is 0 Å². The normalized spacial score (nSPS) is 14.9. The molecule has 5 heteroatoms. The summed E-state index contributed by atoms with van der Waals surface area (Å²) >= 11 is 0. The SMILES string of the molecule is NC(Cc1ccccc1)C(=O)Nc1ccc2c(c1F)CCNC2. The molecule has 1 aliphatic rings. The molecule has 23 heavy (non-hydrogen) atoms. The van der Waals surface area contributed by atoms with Gasteiger partial charge in [-0.1, -0.05) is 36.4 Å². The summed E-state index contributed by atoms with van der Waals surface area (Å²) in [5, 5.41) is 5.82. The van der Waals surface area contributed by atoms with Crippen LogP contribution in [-0.4, -0.2) is 18.5 Å². The molecular weight excluding hydrogens is 293 g/mol. The predicted octanol–water partition coefficient (Wildman–Crippen LogP) is 1.98. The molecule has 1 unspecified atom stereocenters. The summed E-state index contributed by atoms with van der Waals surface area (Å²) in [7, 11) is 0. The van der Waals surface area contributed by atoms with Crippen molar-refractivity contribution in [2.24, 2.45) is 5.73 Å². The lowest BCUT2D eigenvalue weighted by Crippen LogP contribution is -2.37. The molecule has 0 bridgehead atoms. The van der Waals surface area contributed by atoms with E-state index in [-0.39, 0.29) is 17.4 Å². The number of fused-ring (bicyclic) bond motifs is 1. The molecule has 0 aromatic heterocycles. The Labute approximate surface area is 134 Å². The first kappa shape index (κ1) is 15.6. The van der Waals surface area contributed by atoms with Gasteiger partial charge in [-0.3, -0.25) is 4.79 Å². The van der Waals surface area contributed by atoms with Crippen LogP contribution in [0.5, 0.6) is 0 Å². The standard InChI is InChI=1S/C18H20FN3O/c19-17-14-8-9-21-11-13(14)6-7-16(17)22-18(23)15(20)10-12-4-2-1-3-5-12/h1-7,15,21H,8-11,20H2,(H,22,23). The molecular formula is C18H20FN3O. The summed E-state index contributed by atoms with van der Waals surface area (Å²) in [5.41, 5.74) is 8.75. The fourth-order valence-electron chi connectivity index (χ4n) is 2.82. The first-order chi connectivity index (χ1) is 11.1. The lowest BCUT2D eigenvalue weighted by atomic mass is 9.99. The van der Waals surface area contributed by atoms with E-state index in [9.17, 15) is 9.18 Å². The maximum atomic E-state index is 14.5. The molecule has 2 aromatic rings. The number of nitrogens with two attached hydrogens (primary N) is 1. The van der Waals surface area contributed by atoms with Crippen LogP contribution in [0.3, 0.4) is 0 Å². The van der Waals surface area contributed by atoms with Gasteiger partial charge in [0.15, 0.2) is 0 Å². The second kappa shape index (κ2) is 6.89. The highest BCUT2D eigenvalue weighted by molar-refractivity contribution is 5.95. The summed E-state index contributed by atoms with van der Waals surface area (Å²) in [4.78, 5) is 12.2. The van der Waals surface area contributed by atoms with E-state index in [4.69, 9.17) is 5.73 Å². The zero-order valence-corrected chi connectivity index (χ0v) is 12.8. The zero-order chi connectivity index (χ0) is 16.2. The van der Waals surface area contributed by atoms with E-state index in [1.54, 1.807) is 6.07 Å². The molecule has 0 spiro atoms. The highest BCUT2D eigenvalue weighted by atomic mass is 19.1. The third-order valence-corrected chi connectivity index (χ3v) is 4.10. The number of halogens is 1. The molecule has 0 fully saturated rings. The van der Waals surface area contributed by atoms with Crippen molar-refractivity contribution in [1.29, 1.82) is 0 Å². The maximum Gasteiger partial charge on any atom is 0.241 e. The van der Waals surface area contributed by atoms with Gasteiger partial charge < -0.3 is 16.4 Å². The number of amides is 1. The van der Waals surface area contributed by atoms with E-state index in [1.165, 1.54) is 0 Å². The smallest absolute Gasteiger partial charge is 0.241 e. The average molecular weight is 313 g/mol. The number of carbonyl (C=O) groups is 1. The van der Waals surface area contributed by atoms with Crippen LogP contribution in [0, 0.1) is 5.82 Å². The van der Waals surface area contributed by atoms with E-state index >= 15 is 0 Å². The van der Waals surface area contributed by atoms with Gasteiger partial charge in [0.1, 0.15) is 5.82 Å². The maximum absolute atomic E-state index is 14.5. The number of rotatable bonds is 4. The molecule has 1 heterocycles. The van der Waals surface area contributed by atoms with Crippen molar-refractivity contribution in [2.75, 3.05) is 11.9 Å². The Hall–Kier alpha value is -2.24. The molecule has 120 valence electrons. The van der Waals surface area contributed by atoms with Crippen LogP contribution in [0.4, 0.5) is 10.1 Å². The van der Waals surface area contributed by atoms with Crippen molar-refractivity contribution in [3.05, 3.63) is 65.0 Å². The number of anilines is 1. The molecule has 1 aliphatic heterocycles. The van der Waals surface area contributed by atoms with Crippen LogP contribution in [-0.2, 0) is 24.2 Å². The molecule has 3 rings (SSSR count). The van der Waals surface area contributed by atoms with Crippen LogP contribution < -0.4 is 16.4 Å².